The molecule has 0 aromatic heterocycles. The van der Waals surface area contributed by atoms with E-state index >= 15 is 0 Å². The summed E-state index contributed by atoms with van der Waals surface area (Å²) in [6.45, 7) is 7.55. The first-order valence-corrected chi connectivity index (χ1v) is 6.22. The van der Waals surface area contributed by atoms with E-state index in [4.69, 9.17) is 0 Å². The molecule has 1 amide bonds. The van der Waals surface area contributed by atoms with Crippen LogP contribution >= 0.6 is 0 Å². The number of hydrogen-bond acceptors (Lipinski definition) is 3. The van der Waals surface area contributed by atoms with E-state index in [2.05, 4.69) is 10.6 Å². The summed E-state index contributed by atoms with van der Waals surface area (Å²) in [5.41, 5.74) is 0.145. The van der Waals surface area contributed by atoms with Gasteiger partial charge in [0.2, 0.25) is 5.91 Å². The standard InChI is InChI=1S/C14H21FN2O2/c1-9(11-7-10(15)5-6-12(11)18)16-8-13(19)17-14(2,3)4/h5-7,9,16,18H,8H2,1-4H3,(H,17,19). The zero-order valence-electron chi connectivity index (χ0n) is 11.7. The average Bonchev–Trinajstić information content (AvgIpc) is 2.27. The van der Waals surface area contributed by atoms with Gasteiger partial charge in [-0.2, -0.15) is 0 Å². The third-order valence-corrected chi connectivity index (χ3v) is 2.54. The van der Waals surface area contributed by atoms with Gasteiger partial charge in [0.15, 0.2) is 0 Å². The topological polar surface area (TPSA) is 61.4 Å². The maximum atomic E-state index is 13.1. The van der Waals surface area contributed by atoms with E-state index in [1.165, 1.54) is 18.2 Å². The molecular formula is C14H21FN2O2. The first-order valence-electron chi connectivity index (χ1n) is 6.22. The number of benzene rings is 1. The second kappa shape index (κ2) is 6.02. The van der Waals surface area contributed by atoms with Gasteiger partial charge in [-0.05, 0) is 45.9 Å². The highest BCUT2D eigenvalue weighted by molar-refractivity contribution is 5.78. The molecule has 1 aromatic carbocycles. The van der Waals surface area contributed by atoms with Crippen LogP contribution in [0.4, 0.5) is 4.39 Å². The lowest BCUT2D eigenvalue weighted by Crippen LogP contribution is -2.45. The Hall–Kier alpha value is -1.62. The fraction of sp³-hybridized carbons (Fsp3) is 0.500. The number of carbonyl (C=O) groups is 1. The number of phenolic OH excluding ortho intramolecular Hbond substituents is 1. The van der Waals surface area contributed by atoms with Gasteiger partial charge in [-0.15, -0.1) is 0 Å². The fourth-order valence-corrected chi connectivity index (χ4v) is 1.69. The average molecular weight is 268 g/mol. The number of aromatic hydroxyl groups is 1. The largest absolute Gasteiger partial charge is 0.508 e. The predicted octanol–water partition coefficient (Wildman–Crippen LogP) is 2.10. The summed E-state index contributed by atoms with van der Waals surface area (Å²) >= 11 is 0. The van der Waals surface area contributed by atoms with E-state index in [0.29, 0.717) is 5.56 Å². The minimum absolute atomic E-state index is 0.0117. The summed E-state index contributed by atoms with van der Waals surface area (Å²) in [6, 6.07) is 3.44. The molecule has 3 N–H and O–H groups in total. The zero-order chi connectivity index (χ0) is 14.6. The van der Waals surface area contributed by atoms with Crippen LogP contribution in [0.5, 0.6) is 5.75 Å². The second-order valence-electron chi connectivity index (χ2n) is 5.60. The molecule has 1 unspecified atom stereocenters. The van der Waals surface area contributed by atoms with Crippen LogP contribution in [-0.2, 0) is 4.79 Å². The lowest BCUT2D eigenvalue weighted by atomic mass is 10.1. The monoisotopic (exact) mass is 268 g/mol. The van der Waals surface area contributed by atoms with Crippen LogP contribution in [0.1, 0.15) is 39.3 Å². The van der Waals surface area contributed by atoms with Crippen LogP contribution in [0.2, 0.25) is 0 Å². The van der Waals surface area contributed by atoms with E-state index < -0.39 is 5.82 Å². The van der Waals surface area contributed by atoms with Gasteiger partial charge in [-0.25, -0.2) is 4.39 Å². The van der Waals surface area contributed by atoms with Crippen LogP contribution in [0.15, 0.2) is 18.2 Å². The van der Waals surface area contributed by atoms with Gasteiger partial charge >= 0.3 is 0 Å². The molecule has 0 fully saturated rings. The molecule has 1 atom stereocenters. The Morgan fingerprint density at radius 3 is 2.63 bits per heavy atom. The van der Waals surface area contributed by atoms with Gasteiger partial charge in [0.05, 0.1) is 6.54 Å². The molecule has 0 heterocycles. The molecule has 19 heavy (non-hydrogen) atoms. The Bertz CT molecular complexity index is 455. The zero-order valence-corrected chi connectivity index (χ0v) is 11.7. The number of hydrogen-bond donors (Lipinski definition) is 3. The molecule has 1 rings (SSSR count). The molecule has 0 aliphatic carbocycles. The molecule has 4 nitrogen and oxygen atoms in total. The molecule has 0 saturated heterocycles. The summed E-state index contributed by atoms with van der Waals surface area (Å²) in [5, 5.41) is 15.4. The van der Waals surface area contributed by atoms with Crippen LogP contribution < -0.4 is 10.6 Å². The highest BCUT2D eigenvalue weighted by atomic mass is 19.1. The first kappa shape index (κ1) is 15.4. The number of amides is 1. The SMILES string of the molecule is CC(NCC(=O)NC(C)(C)C)c1cc(F)ccc1O. The Balaban J connectivity index is 2.58. The van der Waals surface area contributed by atoms with Crippen molar-refractivity contribution in [1.82, 2.24) is 10.6 Å². The second-order valence-corrected chi connectivity index (χ2v) is 5.60. The van der Waals surface area contributed by atoms with E-state index in [0.717, 1.165) is 0 Å². The smallest absolute Gasteiger partial charge is 0.234 e. The van der Waals surface area contributed by atoms with Crippen LogP contribution in [-0.4, -0.2) is 23.1 Å². The predicted molar refractivity (Wildman–Crippen MR) is 72.4 cm³/mol. The van der Waals surface area contributed by atoms with Gasteiger partial charge in [0.1, 0.15) is 11.6 Å². The van der Waals surface area contributed by atoms with Crippen molar-refractivity contribution in [3.8, 4) is 5.75 Å². The van der Waals surface area contributed by atoms with Crippen molar-refractivity contribution in [2.45, 2.75) is 39.3 Å². The number of carbonyl (C=O) groups excluding carboxylic acids is 1. The lowest BCUT2D eigenvalue weighted by molar-refractivity contribution is -0.121. The molecule has 1 aromatic rings. The van der Waals surface area contributed by atoms with E-state index in [9.17, 15) is 14.3 Å². The molecule has 106 valence electrons. The Morgan fingerprint density at radius 2 is 2.05 bits per heavy atom. The summed E-state index contributed by atoms with van der Waals surface area (Å²) in [7, 11) is 0. The third kappa shape index (κ3) is 5.26. The first-order chi connectivity index (χ1) is 8.69. The van der Waals surface area contributed by atoms with Crippen LogP contribution in [0.25, 0.3) is 0 Å². The number of halogens is 1. The van der Waals surface area contributed by atoms with Crippen molar-refractivity contribution in [2.75, 3.05) is 6.54 Å². The van der Waals surface area contributed by atoms with Gasteiger partial charge in [-0.3, -0.25) is 4.79 Å². The van der Waals surface area contributed by atoms with Gasteiger partial charge in [-0.1, -0.05) is 0 Å². The van der Waals surface area contributed by atoms with Crippen molar-refractivity contribution >= 4 is 5.91 Å². The van der Waals surface area contributed by atoms with E-state index in [1.54, 1.807) is 6.92 Å². The maximum absolute atomic E-state index is 13.1. The summed E-state index contributed by atoms with van der Waals surface area (Å²) < 4.78 is 13.1. The summed E-state index contributed by atoms with van der Waals surface area (Å²) in [6.07, 6.45) is 0. The summed E-state index contributed by atoms with van der Waals surface area (Å²) in [4.78, 5) is 11.6. The van der Waals surface area contributed by atoms with E-state index in [-0.39, 0.29) is 29.8 Å². The molecule has 0 saturated carbocycles. The Kier molecular flexibility index (Phi) is 4.89. The Morgan fingerprint density at radius 1 is 1.42 bits per heavy atom. The molecule has 0 spiro atoms. The normalized spacial score (nSPS) is 13.1. The van der Waals surface area contributed by atoms with Crippen LogP contribution in [0, 0.1) is 5.82 Å². The maximum Gasteiger partial charge on any atom is 0.234 e. The molecule has 0 radical (unpaired) electrons. The fourth-order valence-electron chi connectivity index (χ4n) is 1.69. The number of rotatable bonds is 4. The van der Waals surface area contributed by atoms with Crippen molar-refractivity contribution in [1.29, 1.82) is 0 Å². The van der Waals surface area contributed by atoms with Gasteiger partial charge in [0.25, 0.3) is 0 Å². The van der Waals surface area contributed by atoms with Crippen molar-refractivity contribution in [2.24, 2.45) is 0 Å². The van der Waals surface area contributed by atoms with Crippen LogP contribution in [0.3, 0.4) is 0 Å². The van der Waals surface area contributed by atoms with Gasteiger partial charge < -0.3 is 15.7 Å². The van der Waals surface area contributed by atoms with Crippen molar-refractivity contribution < 1.29 is 14.3 Å². The van der Waals surface area contributed by atoms with Crippen molar-refractivity contribution in [3.63, 3.8) is 0 Å². The quantitative estimate of drug-likeness (QED) is 0.783. The lowest BCUT2D eigenvalue weighted by Gasteiger charge is -2.22. The molecule has 0 aliphatic rings. The number of nitrogens with one attached hydrogen (secondary N) is 2. The highest BCUT2D eigenvalue weighted by Crippen LogP contribution is 2.24. The third-order valence-electron chi connectivity index (χ3n) is 2.54. The van der Waals surface area contributed by atoms with Crippen molar-refractivity contribution in [3.05, 3.63) is 29.6 Å². The molecular weight excluding hydrogens is 247 g/mol. The minimum atomic E-state index is -0.416. The molecule has 5 heteroatoms. The van der Waals surface area contributed by atoms with E-state index in [1.807, 2.05) is 20.8 Å². The Labute approximate surface area is 113 Å². The minimum Gasteiger partial charge on any atom is -0.508 e. The highest BCUT2D eigenvalue weighted by Gasteiger charge is 2.16. The summed E-state index contributed by atoms with van der Waals surface area (Å²) in [5.74, 6) is -0.548. The molecule has 0 aliphatic heterocycles. The van der Waals surface area contributed by atoms with Gasteiger partial charge in [0, 0.05) is 17.1 Å². The molecule has 0 bridgehead atoms. The number of phenols is 1.